The Labute approximate surface area is 82.3 Å². The average molecular weight is 192 g/mol. The normalized spacial score (nSPS) is 11.4. The van der Waals surface area contributed by atoms with Gasteiger partial charge in [0.2, 0.25) is 0 Å². The van der Waals surface area contributed by atoms with E-state index in [0.29, 0.717) is 5.56 Å². The Morgan fingerprint density at radius 3 is 2.36 bits per heavy atom. The SMILES string of the molecule is CC(=O)/C=C(\O)c1ccc(CO)cc1. The van der Waals surface area contributed by atoms with Crippen molar-refractivity contribution in [2.75, 3.05) is 0 Å². The van der Waals surface area contributed by atoms with Crippen LogP contribution in [0.5, 0.6) is 0 Å². The highest BCUT2D eigenvalue weighted by molar-refractivity contribution is 5.93. The number of carbonyl (C=O) groups is 1. The minimum Gasteiger partial charge on any atom is -0.507 e. The van der Waals surface area contributed by atoms with Gasteiger partial charge in [-0.25, -0.2) is 0 Å². The summed E-state index contributed by atoms with van der Waals surface area (Å²) >= 11 is 0. The number of hydrogen-bond acceptors (Lipinski definition) is 3. The Hall–Kier alpha value is -1.61. The molecule has 0 fully saturated rings. The maximum atomic E-state index is 10.7. The second-order valence-corrected chi connectivity index (χ2v) is 3.00. The van der Waals surface area contributed by atoms with Crippen LogP contribution in [0, 0.1) is 0 Å². The van der Waals surface area contributed by atoms with Crippen LogP contribution < -0.4 is 0 Å². The first-order valence-electron chi connectivity index (χ1n) is 4.25. The third-order valence-electron chi connectivity index (χ3n) is 1.77. The zero-order valence-corrected chi connectivity index (χ0v) is 7.90. The molecule has 0 saturated heterocycles. The number of hydrogen-bond donors (Lipinski definition) is 2. The summed E-state index contributed by atoms with van der Waals surface area (Å²) in [7, 11) is 0. The van der Waals surface area contributed by atoms with Crippen LogP contribution in [-0.4, -0.2) is 16.0 Å². The van der Waals surface area contributed by atoms with Gasteiger partial charge in [0.05, 0.1) is 6.61 Å². The van der Waals surface area contributed by atoms with E-state index < -0.39 is 0 Å². The second kappa shape index (κ2) is 4.58. The number of aliphatic hydroxyl groups excluding tert-OH is 2. The average Bonchev–Trinajstić information content (AvgIpc) is 2.17. The van der Waals surface area contributed by atoms with E-state index in [4.69, 9.17) is 5.11 Å². The molecule has 0 spiro atoms. The highest BCUT2D eigenvalue weighted by Crippen LogP contribution is 2.12. The van der Waals surface area contributed by atoms with Crippen molar-refractivity contribution in [1.29, 1.82) is 0 Å². The molecule has 0 saturated carbocycles. The third kappa shape index (κ3) is 2.71. The number of carbonyl (C=O) groups excluding carboxylic acids is 1. The molecule has 0 aromatic heterocycles. The maximum absolute atomic E-state index is 10.7. The molecule has 0 aliphatic heterocycles. The van der Waals surface area contributed by atoms with Gasteiger partial charge < -0.3 is 10.2 Å². The van der Waals surface area contributed by atoms with Crippen LogP contribution in [0.25, 0.3) is 5.76 Å². The third-order valence-corrected chi connectivity index (χ3v) is 1.77. The van der Waals surface area contributed by atoms with Gasteiger partial charge in [0.1, 0.15) is 5.76 Å². The fourth-order valence-corrected chi connectivity index (χ4v) is 1.06. The molecule has 1 rings (SSSR count). The van der Waals surface area contributed by atoms with Gasteiger partial charge >= 0.3 is 0 Å². The lowest BCUT2D eigenvalue weighted by molar-refractivity contribution is -0.112. The number of aliphatic hydroxyl groups is 2. The molecule has 3 nitrogen and oxygen atoms in total. The van der Waals surface area contributed by atoms with Gasteiger partial charge in [0.15, 0.2) is 5.78 Å². The number of benzene rings is 1. The molecule has 0 heterocycles. The summed E-state index contributed by atoms with van der Waals surface area (Å²) in [6.07, 6.45) is 1.16. The second-order valence-electron chi connectivity index (χ2n) is 3.00. The lowest BCUT2D eigenvalue weighted by Gasteiger charge is -2.00. The molecule has 14 heavy (non-hydrogen) atoms. The predicted octanol–water partition coefficient (Wildman–Crippen LogP) is 1.67. The summed E-state index contributed by atoms with van der Waals surface area (Å²) in [5.41, 5.74) is 1.33. The zero-order valence-electron chi connectivity index (χ0n) is 7.90. The van der Waals surface area contributed by atoms with Crippen LogP contribution in [0.15, 0.2) is 30.3 Å². The van der Waals surface area contributed by atoms with E-state index in [1.165, 1.54) is 6.92 Å². The summed E-state index contributed by atoms with van der Waals surface area (Å²) in [5, 5.41) is 18.2. The molecule has 0 aliphatic rings. The Morgan fingerprint density at radius 2 is 1.93 bits per heavy atom. The largest absolute Gasteiger partial charge is 0.507 e. The van der Waals surface area contributed by atoms with Crippen LogP contribution in [-0.2, 0) is 11.4 Å². The Balaban J connectivity index is 2.92. The first kappa shape index (κ1) is 10.5. The minimum atomic E-state index is -0.200. The molecule has 3 heteroatoms. The van der Waals surface area contributed by atoms with Crippen molar-refractivity contribution in [2.45, 2.75) is 13.5 Å². The molecular weight excluding hydrogens is 180 g/mol. The van der Waals surface area contributed by atoms with Crippen molar-refractivity contribution in [1.82, 2.24) is 0 Å². The summed E-state index contributed by atoms with van der Waals surface area (Å²) in [4.78, 5) is 10.7. The zero-order chi connectivity index (χ0) is 10.6. The van der Waals surface area contributed by atoms with E-state index in [1.807, 2.05) is 0 Å². The van der Waals surface area contributed by atoms with Gasteiger partial charge in [-0.3, -0.25) is 4.79 Å². The molecule has 0 aliphatic carbocycles. The van der Waals surface area contributed by atoms with Crippen molar-refractivity contribution >= 4 is 11.5 Å². The molecule has 74 valence electrons. The standard InChI is InChI=1S/C11H12O3/c1-8(13)6-11(14)10-4-2-9(7-12)3-5-10/h2-6,12,14H,7H2,1H3/b11-6-. The maximum Gasteiger partial charge on any atom is 0.156 e. The molecule has 0 radical (unpaired) electrons. The first-order chi connectivity index (χ1) is 6.63. The van der Waals surface area contributed by atoms with Gasteiger partial charge in [0.25, 0.3) is 0 Å². The summed E-state index contributed by atoms with van der Waals surface area (Å²) in [6, 6.07) is 6.69. The first-order valence-corrected chi connectivity index (χ1v) is 4.25. The number of ketones is 1. The Bertz CT molecular complexity index is 349. The predicted molar refractivity (Wildman–Crippen MR) is 53.7 cm³/mol. The molecule has 0 bridgehead atoms. The quantitative estimate of drug-likeness (QED) is 0.565. The summed E-state index contributed by atoms with van der Waals surface area (Å²) in [5.74, 6) is -0.254. The van der Waals surface area contributed by atoms with Crippen LogP contribution >= 0.6 is 0 Å². The van der Waals surface area contributed by atoms with Crippen molar-refractivity contribution in [3.8, 4) is 0 Å². The number of allylic oxidation sites excluding steroid dienone is 1. The van der Waals surface area contributed by atoms with Crippen molar-refractivity contribution in [2.24, 2.45) is 0 Å². The lowest BCUT2D eigenvalue weighted by atomic mass is 10.1. The van der Waals surface area contributed by atoms with E-state index in [0.717, 1.165) is 11.6 Å². The monoisotopic (exact) mass is 192 g/mol. The van der Waals surface area contributed by atoms with Crippen molar-refractivity contribution in [3.05, 3.63) is 41.5 Å². The van der Waals surface area contributed by atoms with E-state index in [9.17, 15) is 9.90 Å². The highest BCUT2D eigenvalue weighted by Gasteiger charge is 1.99. The molecule has 0 amide bonds. The van der Waals surface area contributed by atoms with Gasteiger partial charge in [0, 0.05) is 11.6 Å². The topological polar surface area (TPSA) is 57.5 Å². The van der Waals surface area contributed by atoms with Gasteiger partial charge in [-0.2, -0.15) is 0 Å². The lowest BCUT2D eigenvalue weighted by Crippen LogP contribution is -1.89. The minimum absolute atomic E-state index is 0.0303. The van der Waals surface area contributed by atoms with Crippen LogP contribution in [0.4, 0.5) is 0 Å². The van der Waals surface area contributed by atoms with Crippen molar-refractivity contribution < 1.29 is 15.0 Å². The van der Waals surface area contributed by atoms with Crippen LogP contribution in [0.3, 0.4) is 0 Å². The molecule has 1 aromatic carbocycles. The fourth-order valence-electron chi connectivity index (χ4n) is 1.06. The van der Waals surface area contributed by atoms with Crippen molar-refractivity contribution in [3.63, 3.8) is 0 Å². The smallest absolute Gasteiger partial charge is 0.156 e. The molecule has 1 aromatic rings. The summed E-state index contributed by atoms with van der Waals surface area (Å²) in [6.45, 7) is 1.34. The molecule has 0 unspecified atom stereocenters. The molecule has 2 N–H and O–H groups in total. The van der Waals surface area contributed by atoms with Gasteiger partial charge in [-0.1, -0.05) is 24.3 Å². The van der Waals surface area contributed by atoms with E-state index in [1.54, 1.807) is 24.3 Å². The molecule has 0 atom stereocenters. The Morgan fingerprint density at radius 1 is 1.36 bits per heavy atom. The highest BCUT2D eigenvalue weighted by atomic mass is 16.3. The van der Waals surface area contributed by atoms with E-state index >= 15 is 0 Å². The van der Waals surface area contributed by atoms with Crippen LogP contribution in [0.1, 0.15) is 18.1 Å². The van der Waals surface area contributed by atoms with E-state index in [2.05, 4.69) is 0 Å². The number of rotatable bonds is 3. The van der Waals surface area contributed by atoms with Gasteiger partial charge in [-0.05, 0) is 12.5 Å². The fraction of sp³-hybridized carbons (Fsp3) is 0.182. The van der Waals surface area contributed by atoms with Gasteiger partial charge in [-0.15, -0.1) is 0 Å². The van der Waals surface area contributed by atoms with E-state index in [-0.39, 0.29) is 18.1 Å². The molecular formula is C11H12O3. The summed E-state index contributed by atoms with van der Waals surface area (Å²) < 4.78 is 0. The Kier molecular flexibility index (Phi) is 3.42. The van der Waals surface area contributed by atoms with Crippen LogP contribution in [0.2, 0.25) is 0 Å².